The molecule has 0 unspecified atom stereocenters. The highest BCUT2D eigenvalue weighted by atomic mass is 16.5. The van der Waals surface area contributed by atoms with E-state index in [-0.39, 0.29) is 18.2 Å². The quantitative estimate of drug-likeness (QED) is 0.435. The minimum Gasteiger partial charge on any atom is -0.493 e. The Labute approximate surface area is 192 Å². The molecule has 0 saturated carbocycles. The Morgan fingerprint density at radius 1 is 0.758 bits per heavy atom. The highest BCUT2D eigenvalue weighted by molar-refractivity contribution is 5.96. The molecule has 0 fully saturated rings. The van der Waals surface area contributed by atoms with Gasteiger partial charge < -0.3 is 14.2 Å². The maximum atomic E-state index is 12.6. The lowest BCUT2D eigenvalue weighted by molar-refractivity contribution is -0.121. The number of hydrogen-bond donors (Lipinski definition) is 3. The summed E-state index contributed by atoms with van der Waals surface area (Å²) in [5.74, 6) is 0.127. The fourth-order valence-corrected chi connectivity index (χ4v) is 3.37. The molecule has 3 aromatic carbocycles. The van der Waals surface area contributed by atoms with Crippen molar-refractivity contribution in [3.8, 4) is 17.2 Å². The van der Waals surface area contributed by atoms with E-state index >= 15 is 0 Å². The Balaban J connectivity index is 1.63. The molecular formula is C25H27N3O5. The lowest BCUT2D eigenvalue weighted by atomic mass is 9.99. The molecule has 2 amide bonds. The van der Waals surface area contributed by atoms with E-state index in [2.05, 4.69) is 16.2 Å². The van der Waals surface area contributed by atoms with Crippen LogP contribution in [0.1, 0.15) is 27.5 Å². The molecule has 0 aliphatic rings. The van der Waals surface area contributed by atoms with Crippen molar-refractivity contribution in [3.63, 3.8) is 0 Å². The first-order chi connectivity index (χ1) is 16.1. The van der Waals surface area contributed by atoms with E-state index in [1.165, 1.54) is 33.5 Å². The predicted octanol–water partition coefficient (Wildman–Crippen LogP) is 2.85. The Morgan fingerprint density at radius 2 is 1.27 bits per heavy atom. The normalized spacial score (nSPS) is 10.4. The molecule has 0 heterocycles. The number of carbonyl (C=O) groups is 2. The van der Waals surface area contributed by atoms with E-state index < -0.39 is 11.8 Å². The maximum Gasteiger partial charge on any atom is 0.269 e. The number of benzene rings is 3. The number of carbonyl (C=O) groups excluding carboxylic acids is 2. The van der Waals surface area contributed by atoms with Crippen molar-refractivity contribution in [2.75, 3.05) is 27.9 Å². The molecule has 8 nitrogen and oxygen atoms in total. The summed E-state index contributed by atoms with van der Waals surface area (Å²) < 4.78 is 15.8. The minimum atomic E-state index is -0.523. The molecule has 33 heavy (non-hydrogen) atoms. The number of methoxy groups -OCH3 is 3. The lowest BCUT2D eigenvalue weighted by Crippen LogP contribution is -2.46. The summed E-state index contributed by atoms with van der Waals surface area (Å²) in [5, 5.41) is 3.25. The number of hydrazine groups is 1. The van der Waals surface area contributed by atoms with Crippen molar-refractivity contribution >= 4 is 11.8 Å². The molecule has 0 aliphatic carbocycles. The number of hydrogen-bond acceptors (Lipinski definition) is 6. The maximum absolute atomic E-state index is 12.6. The fourth-order valence-electron chi connectivity index (χ4n) is 3.37. The third-order valence-electron chi connectivity index (χ3n) is 4.97. The molecule has 0 saturated heterocycles. The van der Waals surface area contributed by atoms with Crippen LogP contribution in [0.2, 0.25) is 0 Å². The number of amides is 2. The molecule has 0 aliphatic heterocycles. The summed E-state index contributed by atoms with van der Waals surface area (Å²) in [5.41, 5.74) is 7.13. The molecular weight excluding hydrogens is 422 g/mol. The van der Waals surface area contributed by atoms with Crippen molar-refractivity contribution in [2.45, 2.75) is 6.04 Å². The molecule has 172 valence electrons. The average molecular weight is 450 g/mol. The second-order valence-corrected chi connectivity index (χ2v) is 7.05. The zero-order valence-electron chi connectivity index (χ0n) is 18.8. The van der Waals surface area contributed by atoms with Gasteiger partial charge in [-0.1, -0.05) is 60.7 Å². The summed E-state index contributed by atoms with van der Waals surface area (Å²) in [7, 11) is 4.40. The van der Waals surface area contributed by atoms with Gasteiger partial charge in [0.2, 0.25) is 5.75 Å². The van der Waals surface area contributed by atoms with E-state index in [0.717, 1.165) is 11.1 Å². The molecule has 0 bridgehead atoms. The standard InChI is InChI=1S/C25H27N3O5/c1-31-20-14-19(15-21(32-2)24(20)33-3)25(30)28-27-22(29)16-26-23(17-10-6-4-7-11-17)18-12-8-5-9-13-18/h4-15,23,26H,16H2,1-3H3,(H,27,29)(H,28,30). The smallest absolute Gasteiger partial charge is 0.269 e. The van der Waals surface area contributed by atoms with Crippen LogP contribution in [-0.2, 0) is 4.79 Å². The summed E-state index contributed by atoms with van der Waals surface area (Å²) in [4.78, 5) is 25.0. The van der Waals surface area contributed by atoms with Crippen molar-refractivity contribution in [2.24, 2.45) is 0 Å². The Morgan fingerprint density at radius 3 is 1.73 bits per heavy atom. The van der Waals surface area contributed by atoms with Crippen LogP contribution in [0.5, 0.6) is 17.2 Å². The highest BCUT2D eigenvalue weighted by Gasteiger charge is 2.18. The molecule has 3 aromatic rings. The van der Waals surface area contributed by atoms with Gasteiger partial charge in [-0.15, -0.1) is 0 Å². The minimum absolute atomic E-state index is 0.00993. The monoisotopic (exact) mass is 449 g/mol. The largest absolute Gasteiger partial charge is 0.493 e. The molecule has 0 aromatic heterocycles. The third kappa shape index (κ3) is 6.02. The van der Waals surface area contributed by atoms with E-state index in [0.29, 0.717) is 17.2 Å². The summed E-state index contributed by atoms with van der Waals surface area (Å²) in [6, 6.07) is 22.5. The predicted molar refractivity (Wildman–Crippen MR) is 124 cm³/mol. The SMILES string of the molecule is COc1cc(C(=O)NNC(=O)CNC(c2ccccc2)c2ccccc2)cc(OC)c1OC. The highest BCUT2D eigenvalue weighted by Crippen LogP contribution is 2.38. The van der Waals surface area contributed by atoms with Gasteiger partial charge in [0.1, 0.15) is 0 Å². The van der Waals surface area contributed by atoms with Crippen LogP contribution in [0.3, 0.4) is 0 Å². The summed E-state index contributed by atoms with van der Waals surface area (Å²) in [6.45, 7) is -0.00993. The second kappa shape index (κ2) is 11.5. The number of rotatable bonds is 9. The second-order valence-electron chi connectivity index (χ2n) is 7.05. The zero-order valence-corrected chi connectivity index (χ0v) is 18.8. The lowest BCUT2D eigenvalue weighted by Gasteiger charge is -2.20. The van der Waals surface area contributed by atoms with Gasteiger partial charge in [0, 0.05) is 5.56 Å². The van der Waals surface area contributed by atoms with Crippen LogP contribution in [0.4, 0.5) is 0 Å². The van der Waals surface area contributed by atoms with Gasteiger partial charge >= 0.3 is 0 Å². The topological polar surface area (TPSA) is 97.9 Å². The number of nitrogens with one attached hydrogen (secondary N) is 3. The van der Waals surface area contributed by atoms with Crippen LogP contribution < -0.4 is 30.4 Å². The first-order valence-electron chi connectivity index (χ1n) is 10.3. The Bertz CT molecular complexity index is 1010. The van der Waals surface area contributed by atoms with Crippen molar-refractivity contribution in [1.82, 2.24) is 16.2 Å². The van der Waals surface area contributed by atoms with Gasteiger partial charge in [0.25, 0.3) is 11.8 Å². The summed E-state index contributed by atoms with van der Waals surface area (Å²) in [6.07, 6.45) is 0. The zero-order chi connectivity index (χ0) is 23.6. The van der Waals surface area contributed by atoms with Gasteiger partial charge in [-0.3, -0.25) is 25.8 Å². The molecule has 0 spiro atoms. The van der Waals surface area contributed by atoms with Crippen LogP contribution >= 0.6 is 0 Å². The van der Waals surface area contributed by atoms with E-state index in [1.54, 1.807) is 0 Å². The van der Waals surface area contributed by atoms with Gasteiger partial charge in [0.15, 0.2) is 11.5 Å². The molecule has 0 radical (unpaired) electrons. The Hall–Kier alpha value is -4.04. The van der Waals surface area contributed by atoms with Crippen LogP contribution in [0, 0.1) is 0 Å². The van der Waals surface area contributed by atoms with Crippen LogP contribution in [0.25, 0.3) is 0 Å². The summed E-state index contributed by atoms with van der Waals surface area (Å²) >= 11 is 0. The first-order valence-corrected chi connectivity index (χ1v) is 10.3. The van der Waals surface area contributed by atoms with E-state index in [9.17, 15) is 9.59 Å². The van der Waals surface area contributed by atoms with Crippen molar-refractivity contribution in [3.05, 3.63) is 89.5 Å². The van der Waals surface area contributed by atoms with Crippen LogP contribution in [0.15, 0.2) is 72.8 Å². The molecule has 3 rings (SSSR count). The van der Waals surface area contributed by atoms with Crippen LogP contribution in [-0.4, -0.2) is 39.7 Å². The van der Waals surface area contributed by atoms with E-state index in [1.807, 2.05) is 60.7 Å². The van der Waals surface area contributed by atoms with Crippen molar-refractivity contribution < 1.29 is 23.8 Å². The molecule has 8 heteroatoms. The fraction of sp³-hybridized carbons (Fsp3) is 0.200. The number of ether oxygens (including phenoxy) is 3. The Kier molecular flexibility index (Phi) is 8.26. The van der Waals surface area contributed by atoms with E-state index in [4.69, 9.17) is 14.2 Å². The third-order valence-corrected chi connectivity index (χ3v) is 4.97. The van der Waals surface area contributed by atoms with Gasteiger partial charge in [-0.05, 0) is 23.3 Å². The van der Waals surface area contributed by atoms with Gasteiger partial charge in [0.05, 0.1) is 33.9 Å². The molecule has 0 atom stereocenters. The van der Waals surface area contributed by atoms with Crippen molar-refractivity contribution in [1.29, 1.82) is 0 Å². The van der Waals surface area contributed by atoms with Gasteiger partial charge in [-0.2, -0.15) is 0 Å². The first kappa shape index (κ1) is 23.6. The van der Waals surface area contributed by atoms with Gasteiger partial charge in [-0.25, -0.2) is 0 Å². The molecule has 3 N–H and O–H groups in total. The average Bonchev–Trinajstić information content (AvgIpc) is 2.87.